The van der Waals surface area contributed by atoms with Crippen molar-refractivity contribution in [1.82, 2.24) is 0 Å². The summed E-state index contributed by atoms with van der Waals surface area (Å²) in [6.45, 7) is 3.97. The van der Waals surface area contributed by atoms with Gasteiger partial charge in [0.1, 0.15) is 6.54 Å². The van der Waals surface area contributed by atoms with E-state index < -0.39 is 0 Å². The first-order chi connectivity index (χ1) is 13.0. The van der Waals surface area contributed by atoms with Gasteiger partial charge in [0.15, 0.2) is 0 Å². The summed E-state index contributed by atoms with van der Waals surface area (Å²) in [4.78, 5) is 2.44. The molecule has 0 unspecified atom stereocenters. The maximum atomic E-state index is 6.09. The van der Waals surface area contributed by atoms with Crippen LogP contribution in [0, 0.1) is 0 Å². The van der Waals surface area contributed by atoms with E-state index in [1.54, 1.807) is 0 Å². The Morgan fingerprint density at radius 1 is 0.741 bits per heavy atom. The van der Waals surface area contributed by atoms with Crippen LogP contribution in [-0.2, 0) is 13.1 Å². The molecule has 0 heterocycles. The lowest BCUT2D eigenvalue weighted by molar-refractivity contribution is -0.902. The fourth-order valence-corrected chi connectivity index (χ4v) is 3.43. The van der Waals surface area contributed by atoms with E-state index in [-0.39, 0.29) is 0 Å². The van der Waals surface area contributed by atoms with Crippen LogP contribution in [0.4, 0.5) is 5.69 Å². The molecule has 3 aromatic carbocycles. The van der Waals surface area contributed by atoms with E-state index in [9.17, 15) is 0 Å². The second kappa shape index (κ2) is 9.07. The molecule has 0 aliphatic heterocycles. The quantitative estimate of drug-likeness (QED) is 0.459. The molecule has 0 amide bonds. The van der Waals surface area contributed by atoms with Crippen molar-refractivity contribution in [2.75, 3.05) is 32.1 Å². The minimum atomic E-state index is 0.776. The number of nitrogens with zero attached hydrogens (tertiary/aromatic N) is 2. The first kappa shape index (κ1) is 19.5. The minimum Gasteiger partial charge on any atom is -0.362 e. The molecule has 0 fully saturated rings. The summed E-state index contributed by atoms with van der Waals surface area (Å²) in [5.74, 6) is 0. The van der Waals surface area contributed by atoms with Crippen LogP contribution in [0.15, 0.2) is 84.9 Å². The zero-order valence-electron chi connectivity index (χ0n) is 16.2. The molecule has 0 radical (unpaired) electrons. The molecule has 0 aliphatic rings. The van der Waals surface area contributed by atoms with Gasteiger partial charge in [0.05, 0.1) is 27.2 Å². The normalized spacial score (nSPS) is 11.4. The van der Waals surface area contributed by atoms with Gasteiger partial charge in [-0.25, -0.2) is 0 Å². The topological polar surface area (TPSA) is 3.24 Å². The Kier molecular flexibility index (Phi) is 6.54. The predicted molar refractivity (Wildman–Crippen MR) is 116 cm³/mol. The Bertz CT molecular complexity index is 814. The van der Waals surface area contributed by atoms with Crippen molar-refractivity contribution in [1.29, 1.82) is 0 Å². The van der Waals surface area contributed by atoms with Gasteiger partial charge in [0.25, 0.3) is 0 Å². The highest BCUT2D eigenvalue weighted by Crippen LogP contribution is 2.21. The van der Waals surface area contributed by atoms with Gasteiger partial charge in [-0.15, -0.1) is 0 Å². The number of hydrogen-bond donors (Lipinski definition) is 0. The molecule has 3 heteroatoms. The van der Waals surface area contributed by atoms with Gasteiger partial charge in [0.2, 0.25) is 0 Å². The highest BCUT2D eigenvalue weighted by molar-refractivity contribution is 6.30. The molecule has 2 nitrogen and oxygen atoms in total. The second-order valence-corrected chi connectivity index (χ2v) is 8.12. The van der Waals surface area contributed by atoms with Crippen molar-refractivity contribution >= 4 is 17.3 Å². The molecule has 3 aromatic rings. The number of halogens is 1. The van der Waals surface area contributed by atoms with E-state index in [0.717, 1.165) is 35.7 Å². The van der Waals surface area contributed by atoms with Gasteiger partial charge in [-0.3, -0.25) is 0 Å². The summed E-state index contributed by atoms with van der Waals surface area (Å²) in [6, 6.07) is 29.5. The predicted octanol–water partition coefficient (Wildman–Crippen LogP) is 5.62. The number of benzene rings is 3. The summed E-state index contributed by atoms with van der Waals surface area (Å²) in [7, 11) is 4.60. The average Bonchev–Trinajstić information content (AvgIpc) is 2.67. The molecule has 0 saturated carbocycles. The van der Waals surface area contributed by atoms with Gasteiger partial charge in [-0.1, -0.05) is 72.3 Å². The summed E-state index contributed by atoms with van der Waals surface area (Å²) in [5, 5.41) is 0.776. The van der Waals surface area contributed by atoms with E-state index in [0.29, 0.717) is 0 Å². The van der Waals surface area contributed by atoms with Crippen LogP contribution in [0.25, 0.3) is 0 Å². The zero-order valence-corrected chi connectivity index (χ0v) is 16.9. The van der Waals surface area contributed by atoms with Crippen LogP contribution in [0.1, 0.15) is 11.1 Å². The van der Waals surface area contributed by atoms with Crippen LogP contribution >= 0.6 is 11.6 Å². The lowest BCUT2D eigenvalue weighted by Crippen LogP contribution is -2.44. The van der Waals surface area contributed by atoms with Crippen molar-refractivity contribution in [3.05, 3.63) is 101 Å². The minimum absolute atomic E-state index is 0.776. The zero-order chi connectivity index (χ0) is 19.1. The Labute approximate surface area is 168 Å². The van der Waals surface area contributed by atoms with Crippen LogP contribution in [-0.4, -0.2) is 31.7 Å². The summed E-state index contributed by atoms with van der Waals surface area (Å²) >= 11 is 6.09. The third-order valence-electron chi connectivity index (χ3n) is 4.84. The van der Waals surface area contributed by atoms with Crippen molar-refractivity contribution in [2.24, 2.45) is 0 Å². The van der Waals surface area contributed by atoms with E-state index >= 15 is 0 Å². The number of likely N-dealkylation sites (N-methyl/N-ethyl adjacent to an activating group) is 1. The van der Waals surface area contributed by atoms with Crippen LogP contribution in [0.3, 0.4) is 0 Å². The first-order valence-corrected chi connectivity index (χ1v) is 9.80. The Morgan fingerprint density at radius 2 is 1.30 bits per heavy atom. The summed E-state index contributed by atoms with van der Waals surface area (Å²) in [6.07, 6.45) is 0. The molecule has 0 N–H and O–H groups in total. The third kappa shape index (κ3) is 6.13. The van der Waals surface area contributed by atoms with Crippen molar-refractivity contribution < 1.29 is 4.48 Å². The summed E-state index contributed by atoms with van der Waals surface area (Å²) in [5.41, 5.74) is 3.91. The highest BCUT2D eigenvalue weighted by Gasteiger charge is 2.18. The number of anilines is 1. The molecular weight excluding hydrogens is 352 g/mol. The molecule has 27 heavy (non-hydrogen) atoms. The maximum Gasteiger partial charge on any atom is 0.104 e. The third-order valence-corrected chi connectivity index (χ3v) is 5.09. The number of quaternary nitrogens is 1. The van der Waals surface area contributed by atoms with E-state index in [1.807, 2.05) is 12.1 Å². The molecule has 3 rings (SSSR count). The van der Waals surface area contributed by atoms with Crippen LogP contribution < -0.4 is 4.90 Å². The van der Waals surface area contributed by atoms with Crippen molar-refractivity contribution in [3.63, 3.8) is 0 Å². The van der Waals surface area contributed by atoms with E-state index in [2.05, 4.69) is 91.8 Å². The molecular formula is C24H28ClN2+. The Morgan fingerprint density at radius 3 is 1.89 bits per heavy atom. The lowest BCUT2D eigenvalue weighted by Gasteiger charge is -2.34. The molecule has 140 valence electrons. The largest absolute Gasteiger partial charge is 0.362 e. The molecule has 0 saturated heterocycles. The maximum absolute atomic E-state index is 6.09. The Hall–Kier alpha value is -2.29. The van der Waals surface area contributed by atoms with Gasteiger partial charge in [-0.2, -0.15) is 0 Å². The molecule has 0 spiro atoms. The van der Waals surface area contributed by atoms with Crippen molar-refractivity contribution in [2.45, 2.75) is 13.1 Å². The molecule has 0 aliphatic carbocycles. The van der Waals surface area contributed by atoms with Crippen LogP contribution in [0.2, 0.25) is 5.02 Å². The number of rotatable bonds is 8. The van der Waals surface area contributed by atoms with Gasteiger partial charge < -0.3 is 9.38 Å². The molecule has 0 aromatic heterocycles. The van der Waals surface area contributed by atoms with Gasteiger partial charge in [-0.05, 0) is 29.8 Å². The van der Waals surface area contributed by atoms with Gasteiger partial charge >= 0.3 is 0 Å². The first-order valence-electron chi connectivity index (χ1n) is 9.42. The lowest BCUT2D eigenvalue weighted by atomic mass is 10.1. The fraction of sp³-hybridized carbons (Fsp3) is 0.250. The van der Waals surface area contributed by atoms with Crippen molar-refractivity contribution in [3.8, 4) is 0 Å². The fourth-order valence-electron chi connectivity index (χ4n) is 3.30. The number of hydrogen-bond acceptors (Lipinski definition) is 1. The second-order valence-electron chi connectivity index (χ2n) is 7.69. The summed E-state index contributed by atoms with van der Waals surface area (Å²) < 4.78 is 0.947. The average molecular weight is 380 g/mol. The van der Waals surface area contributed by atoms with E-state index in [1.165, 1.54) is 16.8 Å². The monoisotopic (exact) mass is 379 g/mol. The van der Waals surface area contributed by atoms with E-state index in [4.69, 9.17) is 11.6 Å². The highest BCUT2D eigenvalue weighted by atomic mass is 35.5. The standard InChI is InChI=1S/C24H28ClN2/c1-27(2,20-22-11-7-4-8-12-22)18-17-26(19-21-9-5-3-6-10-21)24-15-13-23(25)14-16-24/h3-16H,17-20H2,1-2H3/q+1. The Balaban J connectivity index is 1.71. The SMILES string of the molecule is C[N+](C)(CCN(Cc1ccccc1)c1ccc(Cl)cc1)Cc1ccccc1. The van der Waals surface area contributed by atoms with Gasteiger partial charge in [0, 0.05) is 22.8 Å². The smallest absolute Gasteiger partial charge is 0.104 e. The van der Waals surface area contributed by atoms with Crippen LogP contribution in [0.5, 0.6) is 0 Å². The molecule has 0 bridgehead atoms. The molecule has 0 atom stereocenters.